The van der Waals surface area contributed by atoms with Gasteiger partial charge >= 0.3 is 0 Å². The van der Waals surface area contributed by atoms with Crippen LogP contribution in [-0.4, -0.2) is 10.8 Å². The first-order valence-electron chi connectivity index (χ1n) is 9.71. The summed E-state index contributed by atoms with van der Waals surface area (Å²) in [4.78, 5) is 0. The Labute approximate surface area is 167 Å². The first kappa shape index (κ1) is 19.6. The summed E-state index contributed by atoms with van der Waals surface area (Å²) in [6.45, 7) is 4.12. The molecule has 3 heteroatoms. The van der Waals surface area contributed by atoms with E-state index in [4.69, 9.17) is 27.9 Å². The van der Waals surface area contributed by atoms with Crippen molar-refractivity contribution in [2.45, 2.75) is 69.5 Å². The Kier molecular flexibility index (Phi) is 6.89. The summed E-state index contributed by atoms with van der Waals surface area (Å²) in [5.74, 6) is 1.99. The largest absolute Gasteiger partial charge is 0.457 e. The van der Waals surface area contributed by atoms with E-state index in [0.717, 1.165) is 56.4 Å². The van der Waals surface area contributed by atoms with Gasteiger partial charge in [0.1, 0.15) is 11.5 Å². The normalized spacial score (nSPS) is 14.9. The van der Waals surface area contributed by atoms with E-state index in [1.165, 1.54) is 22.3 Å². The predicted molar refractivity (Wildman–Crippen MR) is 112 cm³/mol. The Morgan fingerprint density at radius 1 is 0.808 bits per heavy atom. The minimum Gasteiger partial charge on any atom is -0.457 e. The maximum absolute atomic E-state index is 6.13. The van der Waals surface area contributed by atoms with Crippen LogP contribution in [0.1, 0.15) is 61.8 Å². The summed E-state index contributed by atoms with van der Waals surface area (Å²) >= 11 is 12.1. The molecule has 0 radical (unpaired) electrons. The highest BCUT2D eigenvalue weighted by molar-refractivity contribution is 6.20. The molecule has 2 atom stereocenters. The Hall–Kier alpha value is -1.18. The maximum Gasteiger partial charge on any atom is 0.130 e. The topological polar surface area (TPSA) is 9.23 Å². The average Bonchev–Trinajstić information content (AvgIpc) is 2.59. The van der Waals surface area contributed by atoms with E-state index in [9.17, 15) is 0 Å². The van der Waals surface area contributed by atoms with Crippen molar-refractivity contribution in [1.82, 2.24) is 0 Å². The zero-order chi connectivity index (χ0) is 18.5. The van der Waals surface area contributed by atoms with Crippen molar-refractivity contribution >= 4 is 23.2 Å². The number of fused-ring (bicyclic) bond motifs is 2. The SMILES string of the molecule is CC(Cl)CCCc1ccc2c(c1)Cc1cc(CCCC(C)Cl)ccc1O2. The van der Waals surface area contributed by atoms with Crippen LogP contribution < -0.4 is 4.74 Å². The molecule has 0 bridgehead atoms. The van der Waals surface area contributed by atoms with Crippen LogP contribution in [0.5, 0.6) is 11.5 Å². The molecule has 0 spiro atoms. The third kappa shape index (κ3) is 5.41. The second kappa shape index (κ2) is 9.15. The third-order valence-corrected chi connectivity index (χ3v) is 5.42. The van der Waals surface area contributed by atoms with Crippen molar-refractivity contribution in [2.75, 3.05) is 0 Å². The second-order valence-electron chi connectivity index (χ2n) is 7.51. The number of benzene rings is 2. The number of halogens is 2. The van der Waals surface area contributed by atoms with Crippen molar-refractivity contribution in [2.24, 2.45) is 0 Å². The minimum absolute atomic E-state index is 0.253. The number of hydrogen-bond acceptors (Lipinski definition) is 1. The van der Waals surface area contributed by atoms with Gasteiger partial charge in [0.15, 0.2) is 0 Å². The molecule has 26 heavy (non-hydrogen) atoms. The molecule has 2 aromatic rings. The monoisotopic (exact) mass is 390 g/mol. The number of hydrogen-bond donors (Lipinski definition) is 0. The van der Waals surface area contributed by atoms with Gasteiger partial charge in [-0.15, -0.1) is 23.2 Å². The lowest BCUT2D eigenvalue weighted by Gasteiger charge is -2.22. The smallest absolute Gasteiger partial charge is 0.130 e. The lowest BCUT2D eigenvalue weighted by molar-refractivity contribution is 0.459. The van der Waals surface area contributed by atoms with Crippen molar-refractivity contribution in [3.8, 4) is 11.5 Å². The average molecular weight is 391 g/mol. The molecule has 0 fully saturated rings. The number of rotatable bonds is 8. The van der Waals surface area contributed by atoms with Gasteiger partial charge in [0.25, 0.3) is 0 Å². The Bertz CT molecular complexity index is 675. The molecule has 1 heterocycles. The van der Waals surface area contributed by atoms with E-state index in [1.807, 2.05) is 0 Å². The summed E-state index contributed by atoms with van der Waals surface area (Å²) in [5, 5.41) is 0.506. The van der Waals surface area contributed by atoms with Gasteiger partial charge in [0.05, 0.1) is 0 Å². The molecule has 3 rings (SSSR count). The summed E-state index contributed by atoms with van der Waals surface area (Å²) in [6, 6.07) is 13.2. The molecule has 140 valence electrons. The molecule has 1 nitrogen and oxygen atoms in total. The molecule has 0 saturated heterocycles. The van der Waals surface area contributed by atoms with Crippen molar-refractivity contribution < 1.29 is 4.74 Å². The van der Waals surface area contributed by atoms with Crippen LogP contribution in [-0.2, 0) is 19.3 Å². The fourth-order valence-corrected chi connectivity index (χ4v) is 3.86. The lowest BCUT2D eigenvalue weighted by atomic mass is 9.94. The maximum atomic E-state index is 6.13. The number of alkyl halides is 2. The minimum atomic E-state index is 0.253. The zero-order valence-corrected chi connectivity index (χ0v) is 17.2. The standard InChI is InChI=1S/C23H28Cl2O/c1-16(24)5-3-7-18-9-11-22-20(13-18)15-21-14-19(8-4-6-17(2)25)10-12-23(21)26-22/h9-14,16-17H,3-8,15H2,1-2H3. The van der Waals surface area contributed by atoms with E-state index in [2.05, 4.69) is 50.2 Å². The Balaban J connectivity index is 1.66. The molecule has 1 aliphatic rings. The summed E-state index contributed by atoms with van der Waals surface area (Å²) in [6.07, 6.45) is 7.48. The van der Waals surface area contributed by atoms with Crippen LogP contribution >= 0.6 is 23.2 Å². The number of aryl methyl sites for hydroxylation is 2. The van der Waals surface area contributed by atoms with Crippen LogP contribution in [0.25, 0.3) is 0 Å². The van der Waals surface area contributed by atoms with Crippen LogP contribution in [0.2, 0.25) is 0 Å². The van der Waals surface area contributed by atoms with E-state index < -0.39 is 0 Å². The first-order chi connectivity index (χ1) is 12.5. The fourth-order valence-electron chi connectivity index (χ4n) is 3.55. The Morgan fingerprint density at radius 3 is 1.69 bits per heavy atom. The molecular formula is C23H28Cl2O. The zero-order valence-electron chi connectivity index (χ0n) is 15.7. The van der Waals surface area contributed by atoms with Gasteiger partial charge in [-0.1, -0.05) is 24.3 Å². The van der Waals surface area contributed by atoms with Crippen molar-refractivity contribution in [1.29, 1.82) is 0 Å². The third-order valence-electron chi connectivity index (χ3n) is 4.99. The van der Waals surface area contributed by atoms with E-state index in [1.54, 1.807) is 0 Å². The van der Waals surface area contributed by atoms with Crippen LogP contribution in [0.15, 0.2) is 36.4 Å². The highest BCUT2D eigenvalue weighted by Gasteiger charge is 2.17. The van der Waals surface area contributed by atoms with E-state index in [-0.39, 0.29) is 10.8 Å². The van der Waals surface area contributed by atoms with Gasteiger partial charge in [-0.2, -0.15) is 0 Å². The van der Waals surface area contributed by atoms with Crippen LogP contribution in [0.4, 0.5) is 0 Å². The number of ether oxygens (including phenoxy) is 1. The summed E-state index contributed by atoms with van der Waals surface area (Å²) < 4.78 is 6.13. The molecule has 2 aromatic carbocycles. The molecule has 0 amide bonds. The molecular weight excluding hydrogens is 363 g/mol. The van der Waals surface area contributed by atoms with Gasteiger partial charge in [0.2, 0.25) is 0 Å². The summed E-state index contributed by atoms with van der Waals surface area (Å²) in [5.41, 5.74) is 5.33. The van der Waals surface area contributed by atoms with Crippen LogP contribution in [0.3, 0.4) is 0 Å². The molecule has 0 saturated carbocycles. The predicted octanol–water partition coefficient (Wildman–Crippen LogP) is 7.28. The van der Waals surface area contributed by atoms with Gasteiger partial charge in [-0.05, 0) is 86.8 Å². The molecule has 2 unspecified atom stereocenters. The molecule has 0 N–H and O–H groups in total. The lowest BCUT2D eigenvalue weighted by Crippen LogP contribution is -2.05. The van der Waals surface area contributed by atoms with E-state index >= 15 is 0 Å². The highest BCUT2D eigenvalue weighted by Crippen LogP contribution is 2.37. The van der Waals surface area contributed by atoms with Crippen molar-refractivity contribution in [3.05, 3.63) is 58.7 Å². The molecule has 0 aliphatic carbocycles. The quantitative estimate of drug-likeness (QED) is 0.367. The van der Waals surface area contributed by atoms with Gasteiger partial charge in [-0.3, -0.25) is 0 Å². The van der Waals surface area contributed by atoms with Crippen molar-refractivity contribution in [3.63, 3.8) is 0 Å². The highest BCUT2D eigenvalue weighted by atomic mass is 35.5. The second-order valence-corrected chi connectivity index (χ2v) is 9.00. The molecule has 0 aromatic heterocycles. The fraction of sp³-hybridized carbons (Fsp3) is 0.478. The Morgan fingerprint density at radius 2 is 1.27 bits per heavy atom. The van der Waals surface area contributed by atoms with Gasteiger partial charge in [-0.25, -0.2) is 0 Å². The van der Waals surface area contributed by atoms with Crippen LogP contribution in [0, 0.1) is 0 Å². The first-order valence-corrected chi connectivity index (χ1v) is 10.6. The van der Waals surface area contributed by atoms with E-state index in [0.29, 0.717) is 0 Å². The summed E-state index contributed by atoms with van der Waals surface area (Å²) in [7, 11) is 0. The molecule has 1 aliphatic heterocycles. The van der Waals surface area contributed by atoms with Gasteiger partial charge in [0, 0.05) is 17.2 Å². The van der Waals surface area contributed by atoms with Gasteiger partial charge < -0.3 is 4.74 Å².